The van der Waals surface area contributed by atoms with Crippen LogP contribution in [0, 0.1) is 0 Å². The number of piperidine rings is 1. The molecule has 4 rings (SSSR count). The second-order valence-corrected chi connectivity index (χ2v) is 7.20. The van der Waals surface area contributed by atoms with Gasteiger partial charge in [-0.2, -0.15) is 5.10 Å². The van der Waals surface area contributed by atoms with E-state index in [2.05, 4.69) is 22.1 Å². The highest BCUT2D eigenvalue weighted by Gasteiger charge is 2.30. The van der Waals surface area contributed by atoms with Crippen molar-refractivity contribution in [3.05, 3.63) is 53.9 Å². The lowest BCUT2D eigenvalue weighted by atomic mass is 10.0. The molecule has 2 aromatic rings. The van der Waals surface area contributed by atoms with Crippen molar-refractivity contribution in [2.75, 3.05) is 26.2 Å². The molecule has 0 aliphatic carbocycles. The Morgan fingerprint density at radius 2 is 1.88 bits per heavy atom. The first-order valence-corrected chi connectivity index (χ1v) is 9.39. The van der Waals surface area contributed by atoms with Gasteiger partial charge in [-0.15, -0.1) is 0 Å². The molecule has 2 fully saturated rings. The van der Waals surface area contributed by atoms with Crippen LogP contribution in [0.5, 0.6) is 0 Å². The molecular formula is C20H26N4O. The lowest BCUT2D eigenvalue weighted by Crippen LogP contribution is -2.48. The summed E-state index contributed by atoms with van der Waals surface area (Å²) in [5.41, 5.74) is 1.90. The normalized spacial score (nSPS) is 21.6. The maximum atomic E-state index is 12.9. The number of hydrogen-bond acceptors (Lipinski definition) is 3. The van der Waals surface area contributed by atoms with E-state index in [-0.39, 0.29) is 5.91 Å². The number of rotatable bonds is 4. The van der Waals surface area contributed by atoms with Crippen molar-refractivity contribution in [2.45, 2.75) is 38.3 Å². The summed E-state index contributed by atoms with van der Waals surface area (Å²) >= 11 is 0. The quantitative estimate of drug-likeness (QED) is 0.860. The summed E-state index contributed by atoms with van der Waals surface area (Å²) in [5, 5.41) is 4.38. The molecule has 2 saturated heterocycles. The highest BCUT2D eigenvalue weighted by atomic mass is 16.2. The number of amides is 1. The molecule has 0 radical (unpaired) electrons. The lowest BCUT2D eigenvalue weighted by Gasteiger charge is -2.37. The van der Waals surface area contributed by atoms with Gasteiger partial charge in [0.2, 0.25) is 0 Å². The molecular weight excluding hydrogens is 312 g/mol. The molecule has 1 unspecified atom stereocenters. The molecule has 0 N–H and O–H groups in total. The Balaban J connectivity index is 1.40. The number of carbonyl (C=O) groups is 1. The van der Waals surface area contributed by atoms with E-state index in [4.69, 9.17) is 0 Å². The minimum absolute atomic E-state index is 0.128. The van der Waals surface area contributed by atoms with E-state index in [0.29, 0.717) is 18.2 Å². The van der Waals surface area contributed by atoms with Crippen LogP contribution in [0.3, 0.4) is 0 Å². The molecule has 5 heteroatoms. The summed E-state index contributed by atoms with van der Waals surface area (Å²) < 4.78 is 1.85. The molecule has 0 saturated carbocycles. The van der Waals surface area contributed by atoms with Gasteiger partial charge in [0, 0.05) is 25.3 Å². The first-order valence-electron chi connectivity index (χ1n) is 9.39. The Kier molecular flexibility index (Phi) is 4.83. The number of likely N-dealkylation sites (tertiary alicyclic amines) is 2. The molecule has 2 aliphatic heterocycles. The summed E-state index contributed by atoms with van der Waals surface area (Å²) in [6, 6.07) is 10.8. The van der Waals surface area contributed by atoms with E-state index >= 15 is 0 Å². The van der Waals surface area contributed by atoms with E-state index in [9.17, 15) is 4.79 Å². The van der Waals surface area contributed by atoms with E-state index in [0.717, 1.165) is 19.5 Å². The van der Waals surface area contributed by atoms with Crippen LogP contribution in [0.2, 0.25) is 0 Å². The predicted molar refractivity (Wildman–Crippen MR) is 97.5 cm³/mol. The maximum Gasteiger partial charge on any atom is 0.257 e. The fraction of sp³-hybridized carbons (Fsp3) is 0.500. The highest BCUT2D eigenvalue weighted by molar-refractivity contribution is 5.93. The molecule has 25 heavy (non-hydrogen) atoms. The predicted octanol–water partition coefficient (Wildman–Crippen LogP) is 2.63. The monoisotopic (exact) mass is 338 g/mol. The first-order chi connectivity index (χ1) is 12.3. The van der Waals surface area contributed by atoms with E-state index in [1.165, 1.54) is 37.9 Å². The molecule has 1 aromatic heterocycles. The van der Waals surface area contributed by atoms with Gasteiger partial charge in [-0.25, -0.2) is 0 Å². The molecule has 2 aliphatic rings. The average Bonchev–Trinajstić information content (AvgIpc) is 3.34. The van der Waals surface area contributed by atoms with Crippen molar-refractivity contribution in [2.24, 2.45) is 0 Å². The van der Waals surface area contributed by atoms with Crippen molar-refractivity contribution in [1.29, 1.82) is 0 Å². The van der Waals surface area contributed by atoms with Gasteiger partial charge in [-0.3, -0.25) is 14.4 Å². The topological polar surface area (TPSA) is 41.4 Å². The van der Waals surface area contributed by atoms with Crippen molar-refractivity contribution < 1.29 is 4.79 Å². The molecule has 3 heterocycles. The Bertz CT molecular complexity index is 705. The molecule has 132 valence electrons. The van der Waals surface area contributed by atoms with Crippen LogP contribution >= 0.6 is 0 Å². The largest absolute Gasteiger partial charge is 0.337 e. The lowest BCUT2D eigenvalue weighted by molar-refractivity contribution is 0.0608. The minimum atomic E-state index is 0.128. The second kappa shape index (κ2) is 7.40. The smallest absolute Gasteiger partial charge is 0.257 e. The molecule has 1 atom stereocenters. The van der Waals surface area contributed by atoms with Crippen molar-refractivity contribution in [3.63, 3.8) is 0 Å². The van der Waals surface area contributed by atoms with E-state index in [1.807, 2.05) is 34.0 Å². The third-order valence-corrected chi connectivity index (χ3v) is 5.41. The standard InChI is InChI=1S/C20H26N4O/c25-20(23-12-6-9-19(16-23)22-10-4-5-11-22)18-13-21-24(15-18)14-17-7-2-1-3-8-17/h1-3,7-8,13,15,19H,4-6,9-12,14,16H2. The number of carbonyl (C=O) groups excluding carboxylic acids is 1. The Morgan fingerprint density at radius 1 is 1.08 bits per heavy atom. The summed E-state index contributed by atoms with van der Waals surface area (Å²) in [7, 11) is 0. The molecule has 1 aromatic carbocycles. The van der Waals surface area contributed by atoms with Crippen LogP contribution in [-0.2, 0) is 6.54 Å². The summed E-state index contributed by atoms with van der Waals surface area (Å²) in [4.78, 5) is 17.5. The van der Waals surface area contributed by atoms with Crippen LogP contribution < -0.4 is 0 Å². The van der Waals surface area contributed by atoms with E-state index < -0.39 is 0 Å². The number of hydrogen-bond donors (Lipinski definition) is 0. The van der Waals surface area contributed by atoms with Crippen LogP contribution in [0.4, 0.5) is 0 Å². The third kappa shape index (κ3) is 3.76. The minimum Gasteiger partial charge on any atom is -0.337 e. The molecule has 0 bridgehead atoms. The molecule has 5 nitrogen and oxygen atoms in total. The average molecular weight is 338 g/mol. The third-order valence-electron chi connectivity index (χ3n) is 5.41. The van der Waals surface area contributed by atoms with Crippen molar-refractivity contribution in [1.82, 2.24) is 19.6 Å². The fourth-order valence-electron chi connectivity index (χ4n) is 4.06. The van der Waals surface area contributed by atoms with Crippen LogP contribution in [0.1, 0.15) is 41.6 Å². The van der Waals surface area contributed by atoms with Crippen LogP contribution in [0.15, 0.2) is 42.7 Å². The van der Waals surface area contributed by atoms with Gasteiger partial charge in [0.1, 0.15) is 0 Å². The summed E-state index contributed by atoms with van der Waals surface area (Å²) in [6.45, 7) is 4.82. The second-order valence-electron chi connectivity index (χ2n) is 7.20. The van der Waals surface area contributed by atoms with E-state index in [1.54, 1.807) is 6.20 Å². The highest BCUT2D eigenvalue weighted by Crippen LogP contribution is 2.21. The zero-order valence-electron chi connectivity index (χ0n) is 14.7. The number of nitrogens with zero attached hydrogens (tertiary/aromatic N) is 4. The fourth-order valence-corrected chi connectivity index (χ4v) is 4.06. The Hall–Kier alpha value is -2.14. The zero-order chi connectivity index (χ0) is 17.1. The Morgan fingerprint density at radius 3 is 2.68 bits per heavy atom. The van der Waals surface area contributed by atoms with Gasteiger partial charge in [0.15, 0.2) is 0 Å². The van der Waals surface area contributed by atoms with Gasteiger partial charge in [-0.1, -0.05) is 30.3 Å². The van der Waals surface area contributed by atoms with Gasteiger partial charge in [-0.05, 0) is 44.3 Å². The van der Waals surface area contributed by atoms with Gasteiger partial charge >= 0.3 is 0 Å². The van der Waals surface area contributed by atoms with Crippen LogP contribution in [0.25, 0.3) is 0 Å². The molecule has 1 amide bonds. The summed E-state index contributed by atoms with van der Waals surface area (Å²) in [6.07, 6.45) is 8.52. The van der Waals surface area contributed by atoms with Crippen LogP contribution in [-0.4, -0.2) is 57.7 Å². The first kappa shape index (κ1) is 16.3. The number of benzene rings is 1. The summed E-state index contributed by atoms with van der Waals surface area (Å²) in [5.74, 6) is 0.128. The molecule has 0 spiro atoms. The zero-order valence-corrected chi connectivity index (χ0v) is 14.7. The van der Waals surface area contributed by atoms with Gasteiger partial charge < -0.3 is 4.90 Å². The van der Waals surface area contributed by atoms with Gasteiger partial charge in [0.05, 0.1) is 18.3 Å². The SMILES string of the molecule is O=C(c1cnn(Cc2ccccc2)c1)N1CCCC(N2CCCC2)C1. The Labute approximate surface area is 149 Å². The van der Waals surface area contributed by atoms with Crippen molar-refractivity contribution >= 4 is 5.91 Å². The number of aromatic nitrogens is 2. The van der Waals surface area contributed by atoms with Crippen molar-refractivity contribution in [3.8, 4) is 0 Å². The maximum absolute atomic E-state index is 12.9. The van der Waals surface area contributed by atoms with Gasteiger partial charge in [0.25, 0.3) is 5.91 Å².